The van der Waals surface area contributed by atoms with Gasteiger partial charge in [0.15, 0.2) is 0 Å². The topological polar surface area (TPSA) is 44.8 Å². The van der Waals surface area contributed by atoms with Gasteiger partial charge in [0, 0.05) is 23.9 Å². The highest BCUT2D eigenvalue weighted by Crippen LogP contribution is 2.50. The molecule has 3 aliphatic rings. The summed E-state index contributed by atoms with van der Waals surface area (Å²) in [6.45, 7) is 1.58. The van der Waals surface area contributed by atoms with Gasteiger partial charge in [-0.15, -0.1) is 0 Å². The van der Waals surface area contributed by atoms with Gasteiger partial charge in [-0.3, -0.25) is 4.79 Å². The molecule has 5 rings (SSSR count). The monoisotopic (exact) mass is 421 g/mol. The van der Waals surface area contributed by atoms with Crippen molar-refractivity contribution in [2.24, 2.45) is 0 Å². The van der Waals surface area contributed by atoms with Crippen LogP contribution >= 0.6 is 0 Å². The summed E-state index contributed by atoms with van der Waals surface area (Å²) < 4.78 is 18.8. The first-order valence-electron chi connectivity index (χ1n) is 10.7. The fourth-order valence-electron chi connectivity index (χ4n) is 5.30. The number of carbonyl (C=O) groups excluding carboxylic acids is 1. The van der Waals surface area contributed by atoms with E-state index >= 15 is 0 Å². The van der Waals surface area contributed by atoms with Gasteiger partial charge >= 0.3 is 0 Å². The van der Waals surface area contributed by atoms with E-state index in [0.717, 1.165) is 17.8 Å². The minimum Gasteiger partial charge on any atom is -0.507 e. The molecule has 2 atom stereocenters. The van der Waals surface area contributed by atoms with Gasteiger partial charge in [0.25, 0.3) is 0 Å². The largest absolute Gasteiger partial charge is 0.507 e. The van der Waals surface area contributed by atoms with Crippen molar-refractivity contribution < 1.29 is 13.9 Å². The van der Waals surface area contributed by atoms with E-state index in [-0.39, 0.29) is 30.1 Å². The molecule has 1 fully saturated rings. The minimum atomic E-state index is -1.65. The fourth-order valence-corrected chi connectivity index (χ4v) is 5.30. The molecule has 154 valence electrons. The second-order valence-corrected chi connectivity index (χ2v) is 9.01. The van der Waals surface area contributed by atoms with Crippen LogP contribution < -0.4 is 15.0 Å². The first-order valence-corrected chi connectivity index (χ1v) is 10.7. The molecule has 0 aromatic heterocycles. The van der Waals surface area contributed by atoms with Gasteiger partial charge in [0.2, 0.25) is 5.91 Å². The number of amides is 1. The molecule has 3 heterocycles. The van der Waals surface area contributed by atoms with Crippen molar-refractivity contribution >= 4 is 48.7 Å². The highest BCUT2D eigenvalue weighted by atomic mass is 19.1. The number of carbonyl (C=O) groups is 1. The number of anilines is 2. The number of hydrogen-bond donors (Lipinski definition) is 1. The average molecular weight is 421 g/mol. The number of likely N-dealkylation sites (tertiary alicyclic amines) is 1. The molecule has 0 unspecified atom stereocenters. The number of nitrogens with one attached hydrogen (secondary N) is 1. The Balaban J connectivity index is 1.33. The molecule has 8 radical (unpaired) electrons. The Morgan fingerprint density at radius 2 is 1.88 bits per heavy atom. The molecule has 3 aliphatic heterocycles. The maximum Gasteiger partial charge on any atom is 0.243 e. The van der Waals surface area contributed by atoms with Gasteiger partial charge in [0.05, 0.1) is 33.6 Å². The van der Waals surface area contributed by atoms with Crippen LogP contribution in [-0.4, -0.2) is 78.6 Å². The zero-order chi connectivity index (χ0) is 22.7. The summed E-state index contributed by atoms with van der Waals surface area (Å²) in [5, 5.41) is -0.0107. The molecule has 1 saturated heterocycles. The lowest BCUT2D eigenvalue weighted by Gasteiger charge is -2.50. The maximum absolute atomic E-state index is 13.2. The predicted molar refractivity (Wildman–Crippen MR) is 125 cm³/mol. The zero-order valence-corrected chi connectivity index (χ0v) is 17.6. The third kappa shape index (κ3) is 3.83. The number of fused-ring (bicyclic) bond motifs is 3. The second kappa shape index (κ2) is 7.62. The van der Waals surface area contributed by atoms with Crippen LogP contribution in [0.4, 0.5) is 15.8 Å². The van der Waals surface area contributed by atoms with Crippen LogP contribution in [0.5, 0.6) is 5.75 Å². The second-order valence-electron chi connectivity index (χ2n) is 9.01. The van der Waals surface area contributed by atoms with E-state index < -0.39 is 10.7 Å². The molecular weight excluding hydrogens is 401 g/mol. The van der Waals surface area contributed by atoms with Crippen LogP contribution in [0.1, 0.15) is 24.3 Å². The van der Waals surface area contributed by atoms with Crippen molar-refractivity contribution in [1.29, 1.82) is 0 Å². The standard InChI is InChI=1S/C22H20B4FN3O2/c23-21(24,12-22(25,26)32-14-6-4-13(27)5-7-14)29-9-8-18-16(10-29)15-2-1-3-17-20(15)30(18)11-19(31)28-17/h1-7,16,18H,8-12H2,(H,28,31)/t16-,18-/m0/s1. The normalized spacial score (nSPS) is 22.8. The lowest BCUT2D eigenvalue weighted by Crippen LogP contribution is -2.61. The van der Waals surface area contributed by atoms with E-state index in [0.29, 0.717) is 25.4 Å². The van der Waals surface area contributed by atoms with Gasteiger partial charge in [-0.05, 0) is 55.3 Å². The van der Waals surface area contributed by atoms with Crippen LogP contribution in [0, 0.1) is 5.82 Å². The summed E-state index contributed by atoms with van der Waals surface area (Å²) in [6.07, 6.45) is 0.745. The molecule has 2 aromatic rings. The summed E-state index contributed by atoms with van der Waals surface area (Å²) in [4.78, 5) is 16.4. The summed E-state index contributed by atoms with van der Waals surface area (Å²) in [5.74, 6) is 0.0932. The highest BCUT2D eigenvalue weighted by molar-refractivity contribution is 6.44. The third-order valence-electron chi connectivity index (χ3n) is 6.59. The van der Waals surface area contributed by atoms with E-state index in [1.54, 1.807) is 0 Å². The van der Waals surface area contributed by atoms with Crippen LogP contribution in [0.3, 0.4) is 0 Å². The van der Waals surface area contributed by atoms with Crippen molar-refractivity contribution in [3.63, 3.8) is 0 Å². The number of piperidine rings is 1. The minimum absolute atomic E-state index is 0.00119. The molecule has 32 heavy (non-hydrogen) atoms. The Labute approximate surface area is 192 Å². The molecule has 1 N–H and O–H groups in total. The number of halogens is 1. The fraction of sp³-hybridized carbons (Fsp3) is 0.409. The van der Waals surface area contributed by atoms with Gasteiger partial charge in [0.1, 0.15) is 27.3 Å². The van der Waals surface area contributed by atoms with Gasteiger partial charge in [-0.1, -0.05) is 17.5 Å². The number of ether oxygens (including phenoxy) is 1. The summed E-state index contributed by atoms with van der Waals surface area (Å²) in [7, 11) is 25.4. The van der Waals surface area contributed by atoms with Gasteiger partial charge in [-0.25, -0.2) is 4.39 Å². The molecule has 0 bridgehead atoms. The average Bonchev–Trinajstić information content (AvgIpc) is 3.03. The van der Waals surface area contributed by atoms with Crippen molar-refractivity contribution in [3.05, 3.63) is 53.8 Å². The van der Waals surface area contributed by atoms with Crippen molar-refractivity contribution in [2.45, 2.75) is 35.5 Å². The summed E-state index contributed by atoms with van der Waals surface area (Å²) in [5.41, 5.74) is 3.12. The predicted octanol–water partition coefficient (Wildman–Crippen LogP) is 1.21. The lowest BCUT2D eigenvalue weighted by atomic mass is 9.48. The molecule has 0 aliphatic carbocycles. The van der Waals surface area contributed by atoms with E-state index in [1.807, 2.05) is 17.0 Å². The van der Waals surface area contributed by atoms with Crippen LogP contribution in [-0.2, 0) is 4.79 Å². The van der Waals surface area contributed by atoms with Crippen molar-refractivity contribution in [3.8, 4) is 5.75 Å². The van der Waals surface area contributed by atoms with E-state index in [1.165, 1.54) is 29.8 Å². The SMILES string of the molecule is [B]C([B])(CC([B])([B])N1CC[C@H]2[C@@H](C1)c1cccc3c1N2CC(=O)N3)Oc1ccc(F)cc1. The first kappa shape index (κ1) is 21.5. The Morgan fingerprint density at radius 3 is 2.62 bits per heavy atom. The Bertz CT molecular complexity index is 1050. The van der Waals surface area contributed by atoms with Crippen molar-refractivity contribution in [2.75, 3.05) is 29.9 Å². The maximum atomic E-state index is 13.2. The van der Waals surface area contributed by atoms with E-state index in [9.17, 15) is 9.18 Å². The number of rotatable bonds is 5. The Morgan fingerprint density at radius 1 is 1.12 bits per heavy atom. The van der Waals surface area contributed by atoms with Crippen LogP contribution in [0.2, 0.25) is 0 Å². The Hall–Kier alpha value is -2.34. The smallest absolute Gasteiger partial charge is 0.243 e. The molecule has 5 nitrogen and oxygen atoms in total. The Kier molecular flexibility index (Phi) is 5.12. The zero-order valence-electron chi connectivity index (χ0n) is 17.6. The summed E-state index contributed by atoms with van der Waals surface area (Å²) >= 11 is 0. The van der Waals surface area contributed by atoms with E-state index in [2.05, 4.69) is 16.3 Å². The molecule has 10 heteroatoms. The van der Waals surface area contributed by atoms with Crippen LogP contribution in [0.25, 0.3) is 0 Å². The summed E-state index contributed by atoms with van der Waals surface area (Å²) in [6, 6.07) is 11.6. The molecular formula is C22H20B4FN3O2. The molecule has 0 spiro atoms. The molecule has 0 saturated carbocycles. The highest BCUT2D eigenvalue weighted by Gasteiger charge is 2.47. The molecule has 1 amide bonds. The quantitative estimate of drug-likeness (QED) is 0.739. The molecule has 2 aromatic carbocycles. The van der Waals surface area contributed by atoms with Crippen LogP contribution in [0.15, 0.2) is 42.5 Å². The number of nitrogens with zero attached hydrogens (tertiary/aromatic N) is 2. The van der Waals surface area contributed by atoms with E-state index in [4.69, 9.17) is 36.1 Å². The van der Waals surface area contributed by atoms with Gasteiger partial charge in [-0.2, -0.15) is 0 Å². The lowest BCUT2D eigenvalue weighted by molar-refractivity contribution is -0.115. The number of para-hydroxylation sites is 1. The number of benzene rings is 2. The van der Waals surface area contributed by atoms with Gasteiger partial charge < -0.3 is 19.9 Å². The number of hydrogen-bond acceptors (Lipinski definition) is 4. The third-order valence-corrected chi connectivity index (χ3v) is 6.59. The van der Waals surface area contributed by atoms with Crippen molar-refractivity contribution in [1.82, 2.24) is 4.90 Å². The first-order chi connectivity index (χ1) is 15.1.